The molecule has 7 heteroatoms. The third-order valence-electron chi connectivity index (χ3n) is 2.68. The van der Waals surface area contributed by atoms with Gasteiger partial charge in [0.05, 0.1) is 5.56 Å². The normalized spacial score (nSPS) is 11.2. The number of alkyl halides is 3. The molecule has 1 aromatic carbocycles. The molecule has 110 valence electrons. The SMILES string of the molecule is O=C(NCc1cccc(O)c1)c1ccc(C(F)(F)F)nc1. The van der Waals surface area contributed by atoms with Crippen molar-refractivity contribution in [3.63, 3.8) is 0 Å². The van der Waals surface area contributed by atoms with Crippen molar-refractivity contribution in [3.8, 4) is 5.75 Å². The molecule has 0 atom stereocenters. The molecule has 0 unspecified atom stereocenters. The zero-order chi connectivity index (χ0) is 15.5. The summed E-state index contributed by atoms with van der Waals surface area (Å²) in [6.07, 6.45) is -3.66. The Hall–Kier alpha value is -2.57. The molecule has 0 aliphatic rings. The molecule has 0 spiro atoms. The van der Waals surface area contributed by atoms with Crippen LogP contribution in [0.2, 0.25) is 0 Å². The molecule has 1 heterocycles. The van der Waals surface area contributed by atoms with Gasteiger partial charge >= 0.3 is 6.18 Å². The number of pyridine rings is 1. The van der Waals surface area contributed by atoms with Crippen LogP contribution in [0.25, 0.3) is 0 Å². The van der Waals surface area contributed by atoms with E-state index >= 15 is 0 Å². The van der Waals surface area contributed by atoms with Crippen molar-refractivity contribution in [2.75, 3.05) is 0 Å². The van der Waals surface area contributed by atoms with Crippen LogP contribution < -0.4 is 5.32 Å². The first-order chi connectivity index (χ1) is 9.86. The van der Waals surface area contributed by atoms with Gasteiger partial charge in [0.1, 0.15) is 11.4 Å². The number of amides is 1. The van der Waals surface area contributed by atoms with Gasteiger partial charge in [0.15, 0.2) is 0 Å². The maximum Gasteiger partial charge on any atom is 0.433 e. The fraction of sp³-hybridized carbons (Fsp3) is 0.143. The van der Waals surface area contributed by atoms with Gasteiger partial charge in [-0.3, -0.25) is 9.78 Å². The van der Waals surface area contributed by atoms with Crippen molar-refractivity contribution < 1.29 is 23.1 Å². The van der Waals surface area contributed by atoms with Crippen LogP contribution in [0.5, 0.6) is 5.75 Å². The Morgan fingerprint density at radius 2 is 2.00 bits per heavy atom. The number of carbonyl (C=O) groups is 1. The van der Waals surface area contributed by atoms with Gasteiger partial charge in [-0.05, 0) is 29.8 Å². The molecule has 0 fully saturated rings. The molecule has 1 amide bonds. The van der Waals surface area contributed by atoms with E-state index in [0.717, 1.165) is 18.3 Å². The van der Waals surface area contributed by atoms with E-state index in [1.54, 1.807) is 12.1 Å². The number of halogens is 3. The number of benzene rings is 1. The lowest BCUT2D eigenvalue weighted by atomic mass is 10.2. The highest BCUT2D eigenvalue weighted by molar-refractivity contribution is 5.93. The Morgan fingerprint density at radius 3 is 2.57 bits per heavy atom. The molecule has 0 aliphatic heterocycles. The van der Waals surface area contributed by atoms with Crippen LogP contribution >= 0.6 is 0 Å². The molecular formula is C14H11F3N2O2. The maximum atomic E-state index is 12.3. The van der Waals surface area contributed by atoms with Crippen molar-refractivity contribution in [1.82, 2.24) is 10.3 Å². The Morgan fingerprint density at radius 1 is 1.24 bits per heavy atom. The molecule has 2 aromatic rings. The zero-order valence-electron chi connectivity index (χ0n) is 10.7. The number of hydrogen-bond donors (Lipinski definition) is 2. The van der Waals surface area contributed by atoms with E-state index in [9.17, 15) is 23.1 Å². The Balaban J connectivity index is 2.00. The molecule has 2 N–H and O–H groups in total. The van der Waals surface area contributed by atoms with E-state index in [1.807, 2.05) is 0 Å². The quantitative estimate of drug-likeness (QED) is 0.915. The van der Waals surface area contributed by atoms with Crippen LogP contribution in [0, 0.1) is 0 Å². The lowest BCUT2D eigenvalue weighted by Gasteiger charge is -2.08. The molecule has 1 aromatic heterocycles. The second-order valence-electron chi connectivity index (χ2n) is 4.28. The molecule has 0 saturated heterocycles. The first-order valence-electron chi connectivity index (χ1n) is 5.95. The summed E-state index contributed by atoms with van der Waals surface area (Å²) >= 11 is 0. The second-order valence-corrected chi connectivity index (χ2v) is 4.28. The van der Waals surface area contributed by atoms with E-state index in [1.165, 1.54) is 12.1 Å². The summed E-state index contributed by atoms with van der Waals surface area (Å²) in [5.41, 5.74) is -0.349. The largest absolute Gasteiger partial charge is 0.508 e. The van der Waals surface area contributed by atoms with Gasteiger partial charge in [-0.1, -0.05) is 12.1 Å². The van der Waals surface area contributed by atoms with Gasteiger partial charge in [0.25, 0.3) is 5.91 Å². The smallest absolute Gasteiger partial charge is 0.433 e. The van der Waals surface area contributed by atoms with E-state index in [0.29, 0.717) is 5.56 Å². The molecule has 0 saturated carbocycles. The highest BCUT2D eigenvalue weighted by Gasteiger charge is 2.32. The molecule has 0 aliphatic carbocycles. The fourth-order valence-electron chi connectivity index (χ4n) is 1.65. The van der Waals surface area contributed by atoms with Gasteiger partial charge < -0.3 is 10.4 Å². The number of aromatic nitrogens is 1. The summed E-state index contributed by atoms with van der Waals surface area (Å²) in [4.78, 5) is 15.0. The number of nitrogens with zero attached hydrogens (tertiary/aromatic N) is 1. The third kappa shape index (κ3) is 3.95. The minimum Gasteiger partial charge on any atom is -0.508 e. The number of phenolic OH excluding ortho intramolecular Hbond substituents is 1. The Labute approximate surface area is 118 Å². The molecule has 4 nitrogen and oxygen atoms in total. The minimum absolute atomic E-state index is 0.0307. The number of phenols is 1. The van der Waals surface area contributed by atoms with Gasteiger partial charge in [0, 0.05) is 12.7 Å². The molecule has 2 rings (SSSR count). The zero-order valence-corrected chi connectivity index (χ0v) is 10.7. The van der Waals surface area contributed by atoms with Gasteiger partial charge in [-0.15, -0.1) is 0 Å². The number of hydrogen-bond acceptors (Lipinski definition) is 3. The monoisotopic (exact) mass is 296 g/mol. The summed E-state index contributed by atoms with van der Waals surface area (Å²) in [6, 6.07) is 8.11. The first-order valence-corrected chi connectivity index (χ1v) is 5.95. The lowest BCUT2D eigenvalue weighted by Crippen LogP contribution is -2.23. The highest BCUT2D eigenvalue weighted by Crippen LogP contribution is 2.27. The predicted molar refractivity (Wildman–Crippen MR) is 68.5 cm³/mol. The highest BCUT2D eigenvalue weighted by atomic mass is 19.4. The van der Waals surface area contributed by atoms with Crippen molar-refractivity contribution in [1.29, 1.82) is 0 Å². The van der Waals surface area contributed by atoms with Crippen LogP contribution in [0.4, 0.5) is 13.2 Å². The van der Waals surface area contributed by atoms with Crippen molar-refractivity contribution in [2.45, 2.75) is 12.7 Å². The van der Waals surface area contributed by atoms with Gasteiger partial charge in [-0.2, -0.15) is 13.2 Å². The predicted octanol–water partition coefficient (Wildman–Crippen LogP) is 2.74. The van der Waals surface area contributed by atoms with Crippen molar-refractivity contribution >= 4 is 5.91 Å². The lowest BCUT2D eigenvalue weighted by molar-refractivity contribution is -0.141. The number of aromatic hydroxyl groups is 1. The summed E-state index contributed by atoms with van der Waals surface area (Å²) in [6.45, 7) is 0.147. The molecular weight excluding hydrogens is 285 g/mol. The average molecular weight is 296 g/mol. The number of nitrogens with one attached hydrogen (secondary N) is 1. The van der Waals surface area contributed by atoms with Gasteiger partial charge in [0.2, 0.25) is 0 Å². The summed E-state index contributed by atoms with van der Waals surface area (Å²) in [7, 11) is 0. The first kappa shape index (κ1) is 14.8. The average Bonchev–Trinajstić information content (AvgIpc) is 2.44. The summed E-state index contributed by atoms with van der Waals surface area (Å²) in [5.74, 6) is -0.475. The van der Waals surface area contributed by atoms with Crippen LogP contribution in [0.1, 0.15) is 21.6 Å². The minimum atomic E-state index is -4.53. The third-order valence-corrected chi connectivity index (χ3v) is 2.68. The second kappa shape index (κ2) is 5.82. The van der Waals surface area contributed by atoms with Crippen molar-refractivity contribution in [2.24, 2.45) is 0 Å². The Kier molecular flexibility index (Phi) is 4.11. The van der Waals surface area contributed by atoms with E-state index in [-0.39, 0.29) is 17.9 Å². The van der Waals surface area contributed by atoms with Crippen LogP contribution in [0.3, 0.4) is 0 Å². The maximum absolute atomic E-state index is 12.3. The molecule has 21 heavy (non-hydrogen) atoms. The van der Waals surface area contributed by atoms with Crippen LogP contribution in [-0.4, -0.2) is 16.0 Å². The van der Waals surface area contributed by atoms with Gasteiger partial charge in [-0.25, -0.2) is 0 Å². The summed E-state index contributed by atoms with van der Waals surface area (Å²) in [5, 5.41) is 11.8. The number of rotatable bonds is 3. The van der Waals surface area contributed by atoms with Crippen molar-refractivity contribution in [3.05, 3.63) is 59.4 Å². The standard InChI is InChI=1S/C14H11F3N2O2/c15-14(16,17)12-5-4-10(8-18-12)13(21)19-7-9-2-1-3-11(20)6-9/h1-6,8,20H,7H2,(H,19,21). The van der Waals surface area contributed by atoms with E-state index in [2.05, 4.69) is 10.3 Å². The van der Waals surface area contributed by atoms with E-state index in [4.69, 9.17) is 0 Å². The van der Waals surface area contributed by atoms with E-state index < -0.39 is 17.8 Å². The Bertz CT molecular complexity index is 639. The molecule has 0 radical (unpaired) electrons. The topological polar surface area (TPSA) is 62.2 Å². The fourth-order valence-corrected chi connectivity index (χ4v) is 1.65. The van der Waals surface area contributed by atoms with Crippen LogP contribution in [-0.2, 0) is 12.7 Å². The number of carbonyl (C=O) groups excluding carboxylic acids is 1. The van der Waals surface area contributed by atoms with Crippen LogP contribution in [0.15, 0.2) is 42.6 Å². The summed E-state index contributed by atoms with van der Waals surface area (Å²) < 4.78 is 37.0. The molecule has 0 bridgehead atoms.